The lowest BCUT2D eigenvalue weighted by atomic mass is 10.0. The van der Waals surface area contributed by atoms with E-state index < -0.39 is 0 Å². The van der Waals surface area contributed by atoms with Gasteiger partial charge in [0.25, 0.3) is 0 Å². The largest absolute Gasteiger partial charge is 0.459 e. The molecule has 3 aromatic rings. The molecule has 0 aliphatic heterocycles. The van der Waals surface area contributed by atoms with Gasteiger partial charge in [0, 0.05) is 10.9 Å². The lowest BCUT2D eigenvalue weighted by Gasteiger charge is -2.20. The van der Waals surface area contributed by atoms with Gasteiger partial charge in [0.1, 0.15) is 17.2 Å². The smallest absolute Gasteiger partial charge is 0.147 e. The lowest BCUT2D eigenvalue weighted by Crippen LogP contribution is -2.36. The molecule has 0 amide bonds. The summed E-state index contributed by atoms with van der Waals surface area (Å²) >= 11 is 0. The molecule has 0 saturated carbocycles. The highest BCUT2D eigenvalue weighted by atomic mass is 16.3. The number of anilines is 1. The Kier molecular flexibility index (Phi) is 6.57. The van der Waals surface area contributed by atoms with Gasteiger partial charge < -0.3 is 20.8 Å². The first-order valence-corrected chi connectivity index (χ1v) is 10.4. The van der Waals surface area contributed by atoms with Crippen molar-refractivity contribution in [2.45, 2.75) is 65.5 Å². The molecule has 152 valence electrons. The van der Waals surface area contributed by atoms with Gasteiger partial charge in [0.15, 0.2) is 0 Å². The molecule has 5 nitrogen and oxygen atoms in total. The Morgan fingerprint density at radius 3 is 2.64 bits per heavy atom. The Labute approximate surface area is 168 Å². The second-order valence-electron chi connectivity index (χ2n) is 8.57. The molecule has 0 bridgehead atoms. The van der Waals surface area contributed by atoms with E-state index in [1.165, 1.54) is 24.8 Å². The zero-order chi connectivity index (χ0) is 20.1. The van der Waals surface area contributed by atoms with Crippen molar-refractivity contribution in [3.05, 3.63) is 35.6 Å². The molecule has 0 saturated heterocycles. The molecule has 0 aliphatic carbocycles. The van der Waals surface area contributed by atoms with E-state index in [1.54, 1.807) is 0 Å². The van der Waals surface area contributed by atoms with Gasteiger partial charge in [-0.1, -0.05) is 19.4 Å². The number of rotatable bonds is 9. The van der Waals surface area contributed by atoms with Gasteiger partial charge in [0.2, 0.25) is 0 Å². The summed E-state index contributed by atoms with van der Waals surface area (Å²) in [6, 6.07) is 8.46. The van der Waals surface area contributed by atoms with E-state index in [-0.39, 0.29) is 5.54 Å². The molecular weight excluding hydrogens is 348 g/mol. The molecule has 2 aromatic heterocycles. The maximum atomic E-state index is 6.16. The Balaban J connectivity index is 1.70. The monoisotopic (exact) mass is 382 g/mol. The first kappa shape index (κ1) is 20.6. The summed E-state index contributed by atoms with van der Waals surface area (Å²) in [5.74, 6) is 1.43. The van der Waals surface area contributed by atoms with Crippen molar-refractivity contribution < 1.29 is 4.42 Å². The first-order chi connectivity index (χ1) is 13.4. The summed E-state index contributed by atoms with van der Waals surface area (Å²) in [5.41, 5.74) is 9.44. The van der Waals surface area contributed by atoms with Crippen LogP contribution in [0.1, 0.15) is 58.3 Å². The summed E-state index contributed by atoms with van der Waals surface area (Å²) in [4.78, 5) is 4.57. The van der Waals surface area contributed by atoms with Gasteiger partial charge in [-0.2, -0.15) is 0 Å². The quantitative estimate of drug-likeness (QED) is 0.465. The fraction of sp³-hybridized carbons (Fsp3) is 0.522. The van der Waals surface area contributed by atoms with E-state index >= 15 is 0 Å². The Morgan fingerprint density at radius 2 is 1.89 bits per heavy atom. The molecule has 0 aliphatic rings. The van der Waals surface area contributed by atoms with Crippen molar-refractivity contribution in [3.63, 3.8) is 0 Å². The van der Waals surface area contributed by atoms with E-state index in [4.69, 9.17) is 10.2 Å². The minimum absolute atomic E-state index is 0.201. The van der Waals surface area contributed by atoms with Crippen LogP contribution >= 0.6 is 0 Å². The highest BCUT2D eigenvalue weighted by Crippen LogP contribution is 2.31. The zero-order valence-electron chi connectivity index (χ0n) is 17.7. The average molecular weight is 383 g/mol. The van der Waals surface area contributed by atoms with Gasteiger partial charge in [-0.05, 0) is 76.9 Å². The maximum Gasteiger partial charge on any atom is 0.147 e. The van der Waals surface area contributed by atoms with Crippen LogP contribution in [0.4, 0.5) is 5.82 Å². The predicted molar refractivity (Wildman–Crippen MR) is 119 cm³/mol. The predicted octanol–water partition coefficient (Wildman–Crippen LogP) is 4.77. The van der Waals surface area contributed by atoms with Crippen LogP contribution in [-0.2, 0) is 13.0 Å². The molecule has 2 heterocycles. The Hall–Kier alpha value is -2.11. The van der Waals surface area contributed by atoms with Gasteiger partial charge in [-0.3, -0.25) is 0 Å². The molecule has 0 atom stereocenters. The fourth-order valence-electron chi connectivity index (χ4n) is 3.47. The normalized spacial score (nSPS) is 12.3. The number of unbranched alkanes of at least 4 members (excludes halogenated alkanes) is 2. The van der Waals surface area contributed by atoms with Crippen LogP contribution in [0, 0.1) is 0 Å². The van der Waals surface area contributed by atoms with Crippen molar-refractivity contribution in [3.8, 4) is 0 Å². The van der Waals surface area contributed by atoms with Gasteiger partial charge >= 0.3 is 0 Å². The third-order valence-electron chi connectivity index (χ3n) is 4.95. The van der Waals surface area contributed by atoms with Crippen molar-refractivity contribution >= 4 is 27.7 Å². The molecule has 28 heavy (non-hydrogen) atoms. The van der Waals surface area contributed by atoms with Gasteiger partial charge in [-0.15, -0.1) is 0 Å². The molecule has 4 N–H and O–H groups in total. The second-order valence-corrected chi connectivity index (χ2v) is 8.57. The van der Waals surface area contributed by atoms with Crippen LogP contribution < -0.4 is 16.4 Å². The molecule has 3 rings (SSSR count). The maximum absolute atomic E-state index is 6.16. The first-order valence-electron chi connectivity index (χ1n) is 10.4. The third kappa shape index (κ3) is 5.24. The van der Waals surface area contributed by atoms with Crippen LogP contribution in [0.15, 0.2) is 28.7 Å². The number of aromatic nitrogens is 1. The van der Waals surface area contributed by atoms with E-state index in [2.05, 4.69) is 61.5 Å². The Bertz CT molecular complexity index is 924. The number of aryl methyl sites for hydroxylation is 1. The van der Waals surface area contributed by atoms with Crippen LogP contribution in [0.2, 0.25) is 0 Å². The summed E-state index contributed by atoms with van der Waals surface area (Å²) in [7, 11) is 0. The number of nitrogens with one attached hydrogen (secondary N) is 2. The van der Waals surface area contributed by atoms with E-state index in [9.17, 15) is 0 Å². The minimum atomic E-state index is 0.201. The third-order valence-corrected chi connectivity index (χ3v) is 4.95. The van der Waals surface area contributed by atoms with Crippen molar-refractivity contribution in [1.29, 1.82) is 0 Å². The van der Waals surface area contributed by atoms with Gasteiger partial charge in [-0.25, -0.2) is 4.98 Å². The van der Waals surface area contributed by atoms with E-state index in [0.29, 0.717) is 12.4 Å². The highest BCUT2D eigenvalue weighted by Gasteiger charge is 2.13. The summed E-state index contributed by atoms with van der Waals surface area (Å²) < 4.78 is 6.12. The number of hydrogen-bond donors (Lipinski definition) is 3. The SMILES string of the molecule is CCNCc1cc2c(N)nc3ccc(CCCCCNC(C)(C)C)cc3c2o1. The molecule has 0 spiro atoms. The van der Waals surface area contributed by atoms with Crippen LogP contribution in [0.3, 0.4) is 0 Å². The van der Waals surface area contributed by atoms with E-state index in [1.807, 2.05) is 6.07 Å². The summed E-state index contributed by atoms with van der Waals surface area (Å²) in [6.07, 6.45) is 4.69. The number of hydrogen-bond acceptors (Lipinski definition) is 5. The molecular formula is C23H34N4O. The van der Waals surface area contributed by atoms with Crippen molar-refractivity contribution in [2.75, 3.05) is 18.8 Å². The fourth-order valence-corrected chi connectivity index (χ4v) is 3.47. The summed E-state index contributed by atoms with van der Waals surface area (Å²) in [6.45, 7) is 11.4. The molecule has 0 unspecified atom stereocenters. The van der Waals surface area contributed by atoms with Crippen LogP contribution in [-0.4, -0.2) is 23.6 Å². The minimum Gasteiger partial charge on any atom is -0.459 e. The number of fused-ring (bicyclic) bond motifs is 3. The topological polar surface area (TPSA) is 76.1 Å². The number of nitrogens with zero attached hydrogens (tertiary/aromatic N) is 1. The molecule has 5 heteroatoms. The number of benzene rings is 1. The van der Waals surface area contributed by atoms with E-state index in [0.717, 1.165) is 47.1 Å². The molecule has 1 aromatic carbocycles. The van der Waals surface area contributed by atoms with Crippen molar-refractivity contribution in [1.82, 2.24) is 15.6 Å². The number of nitrogen functional groups attached to an aromatic ring is 1. The molecule has 0 radical (unpaired) electrons. The zero-order valence-corrected chi connectivity index (χ0v) is 17.7. The summed E-state index contributed by atoms with van der Waals surface area (Å²) in [5, 5.41) is 8.81. The standard InChI is InChI=1S/C23H34N4O/c1-5-25-15-17-14-19-21(28-17)18-13-16(10-11-20(18)27-22(19)24)9-7-6-8-12-26-23(2,3)4/h10-11,13-14,25-26H,5-9,12,15H2,1-4H3,(H2,24,27). The van der Waals surface area contributed by atoms with Crippen molar-refractivity contribution in [2.24, 2.45) is 0 Å². The second kappa shape index (κ2) is 8.93. The number of furan rings is 1. The number of pyridine rings is 1. The van der Waals surface area contributed by atoms with Crippen LogP contribution in [0.25, 0.3) is 21.9 Å². The average Bonchev–Trinajstić information content (AvgIpc) is 3.07. The van der Waals surface area contributed by atoms with Gasteiger partial charge in [0.05, 0.1) is 17.4 Å². The molecule has 0 fully saturated rings. The lowest BCUT2D eigenvalue weighted by molar-refractivity contribution is 0.417. The number of nitrogens with two attached hydrogens (primary N) is 1. The Morgan fingerprint density at radius 1 is 1.07 bits per heavy atom. The van der Waals surface area contributed by atoms with Crippen LogP contribution in [0.5, 0.6) is 0 Å². The highest BCUT2D eigenvalue weighted by molar-refractivity contribution is 6.06.